The normalized spacial score (nSPS) is 18.5. The van der Waals surface area contributed by atoms with Crippen LogP contribution in [0.15, 0.2) is 35.4 Å². The second-order valence-corrected chi connectivity index (χ2v) is 8.60. The number of rotatable bonds is 5. The van der Waals surface area contributed by atoms with Crippen LogP contribution in [0.25, 0.3) is 0 Å². The molecule has 0 N–H and O–H groups in total. The Kier molecular flexibility index (Phi) is 4.41. The van der Waals surface area contributed by atoms with Crippen molar-refractivity contribution < 1.29 is 13.2 Å². The first-order valence-corrected chi connectivity index (χ1v) is 10.1. The highest BCUT2D eigenvalue weighted by atomic mass is 32.2. The lowest BCUT2D eigenvalue weighted by Gasteiger charge is -2.37. The van der Waals surface area contributed by atoms with Crippen molar-refractivity contribution in [3.8, 4) is 6.07 Å². The molecule has 2 aliphatic heterocycles. The van der Waals surface area contributed by atoms with Crippen LogP contribution in [0.3, 0.4) is 0 Å². The van der Waals surface area contributed by atoms with E-state index in [0.29, 0.717) is 18.7 Å². The van der Waals surface area contributed by atoms with Gasteiger partial charge >= 0.3 is 0 Å². The highest BCUT2D eigenvalue weighted by Gasteiger charge is 2.39. The van der Waals surface area contributed by atoms with E-state index in [2.05, 4.69) is 10.3 Å². The van der Waals surface area contributed by atoms with Crippen molar-refractivity contribution in [2.75, 3.05) is 19.6 Å². The number of sulfonamides is 1. The van der Waals surface area contributed by atoms with E-state index in [9.17, 15) is 13.2 Å². The van der Waals surface area contributed by atoms with E-state index >= 15 is 0 Å². The van der Waals surface area contributed by atoms with Gasteiger partial charge in [0.1, 0.15) is 11.8 Å². The molecule has 1 aromatic carbocycles. The van der Waals surface area contributed by atoms with Crippen molar-refractivity contribution in [1.29, 1.82) is 5.26 Å². The van der Waals surface area contributed by atoms with E-state index in [1.807, 2.05) is 6.07 Å². The van der Waals surface area contributed by atoms with E-state index in [-0.39, 0.29) is 35.5 Å². The van der Waals surface area contributed by atoms with Gasteiger partial charge in [-0.15, -0.1) is 5.10 Å². The third kappa shape index (κ3) is 3.20. The molecule has 9 nitrogen and oxygen atoms in total. The molecule has 2 fully saturated rings. The molecule has 4 rings (SSSR count). The SMILES string of the molecule is N#Cc1ccccc1S(=O)(=O)N1CC(n2cc(CN3CCCC3=O)nn2)C1. The zero-order valence-electron chi connectivity index (χ0n) is 14.5. The molecular weight excluding hydrogens is 368 g/mol. The maximum atomic E-state index is 12.7. The average molecular weight is 386 g/mol. The molecule has 3 heterocycles. The van der Waals surface area contributed by atoms with Gasteiger partial charge in [-0.1, -0.05) is 17.3 Å². The van der Waals surface area contributed by atoms with Gasteiger partial charge in [-0.3, -0.25) is 4.79 Å². The number of carbonyl (C=O) groups is 1. The number of nitriles is 1. The predicted molar refractivity (Wildman–Crippen MR) is 93.6 cm³/mol. The average Bonchev–Trinajstić information content (AvgIpc) is 3.23. The molecule has 2 saturated heterocycles. The van der Waals surface area contributed by atoms with Gasteiger partial charge in [-0.25, -0.2) is 13.1 Å². The standard InChI is InChI=1S/C17H18N6O3S/c18-8-13-4-1-2-5-16(13)27(25,26)22-11-15(12-22)23-10-14(19-20-23)9-21-7-3-6-17(21)24/h1-2,4-5,10,15H,3,6-7,9,11-12H2. The molecule has 0 atom stereocenters. The van der Waals surface area contributed by atoms with Gasteiger partial charge in [0.25, 0.3) is 0 Å². The fourth-order valence-electron chi connectivity index (χ4n) is 3.33. The Bertz CT molecular complexity index is 1020. The monoisotopic (exact) mass is 386 g/mol. The summed E-state index contributed by atoms with van der Waals surface area (Å²) in [6.45, 7) is 1.71. The summed E-state index contributed by atoms with van der Waals surface area (Å²) in [5.74, 6) is 0.127. The lowest BCUT2D eigenvalue weighted by Crippen LogP contribution is -2.50. The van der Waals surface area contributed by atoms with Crippen LogP contribution in [-0.4, -0.2) is 58.2 Å². The Morgan fingerprint density at radius 2 is 2.04 bits per heavy atom. The first kappa shape index (κ1) is 17.6. The summed E-state index contributed by atoms with van der Waals surface area (Å²) in [5, 5.41) is 17.3. The molecule has 0 radical (unpaired) electrons. The molecule has 27 heavy (non-hydrogen) atoms. The third-order valence-electron chi connectivity index (χ3n) is 4.91. The molecule has 0 spiro atoms. The van der Waals surface area contributed by atoms with Gasteiger partial charge in [0, 0.05) is 26.1 Å². The summed E-state index contributed by atoms with van der Waals surface area (Å²) in [6, 6.07) is 8.00. The van der Waals surface area contributed by atoms with Crippen molar-refractivity contribution >= 4 is 15.9 Å². The quantitative estimate of drug-likeness (QED) is 0.740. The van der Waals surface area contributed by atoms with Gasteiger partial charge in [0.05, 0.1) is 29.2 Å². The summed E-state index contributed by atoms with van der Waals surface area (Å²) >= 11 is 0. The minimum absolute atomic E-state index is 0.0257. The second kappa shape index (κ2) is 6.75. The smallest absolute Gasteiger partial charge is 0.244 e. The molecule has 1 aromatic heterocycles. The zero-order valence-corrected chi connectivity index (χ0v) is 15.3. The minimum atomic E-state index is -3.71. The molecule has 2 aliphatic rings. The number of likely N-dealkylation sites (tertiary alicyclic amines) is 1. The van der Waals surface area contributed by atoms with Gasteiger partial charge in [0.15, 0.2) is 0 Å². The van der Waals surface area contributed by atoms with Crippen LogP contribution in [0, 0.1) is 11.3 Å². The van der Waals surface area contributed by atoms with Crippen LogP contribution >= 0.6 is 0 Å². The first-order valence-electron chi connectivity index (χ1n) is 8.67. The Labute approximate surface area is 156 Å². The molecule has 1 amide bonds. The molecule has 140 valence electrons. The Balaban J connectivity index is 1.42. The molecule has 0 aliphatic carbocycles. The van der Waals surface area contributed by atoms with Crippen molar-refractivity contribution in [3.63, 3.8) is 0 Å². The molecule has 2 aromatic rings. The van der Waals surface area contributed by atoms with Gasteiger partial charge in [0.2, 0.25) is 15.9 Å². The maximum absolute atomic E-state index is 12.7. The number of aromatic nitrogens is 3. The Morgan fingerprint density at radius 3 is 2.74 bits per heavy atom. The van der Waals surface area contributed by atoms with E-state index in [0.717, 1.165) is 13.0 Å². The van der Waals surface area contributed by atoms with Crippen LogP contribution in [0.4, 0.5) is 0 Å². The molecule has 0 bridgehead atoms. The highest BCUT2D eigenvalue weighted by molar-refractivity contribution is 7.89. The van der Waals surface area contributed by atoms with E-state index in [4.69, 9.17) is 5.26 Å². The van der Waals surface area contributed by atoms with Crippen LogP contribution in [-0.2, 0) is 21.4 Å². The lowest BCUT2D eigenvalue weighted by molar-refractivity contribution is -0.128. The number of nitrogens with zero attached hydrogens (tertiary/aromatic N) is 6. The van der Waals surface area contributed by atoms with Gasteiger partial charge < -0.3 is 4.90 Å². The summed E-state index contributed by atoms with van der Waals surface area (Å²) in [4.78, 5) is 13.5. The fraction of sp³-hybridized carbons (Fsp3) is 0.412. The summed E-state index contributed by atoms with van der Waals surface area (Å²) in [7, 11) is -3.71. The number of hydrogen-bond donors (Lipinski definition) is 0. The predicted octanol–water partition coefficient (Wildman–Crippen LogP) is 0.518. The molecular formula is C17H18N6O3S. The van der Waals surface area contributed by atoms with Crippen molar-refractivity contribution in [1.82, 2.24) is 24.2 Å². The maximum Gasteiger partial charge on any atom is 0.244 e. The van der Waals surface area contributed by atoms with E-state index in [1.165, 1.54) is 16.4 Å². The van der Waals surface area contributed by atoms with Crippen molar-refractivity contribution in [2.24, 2.45) is 0 Å². The fourth-order valence-corrected chi connectivity index (χ4v) is 4.99. The highest BCUT2D eigenvalue weighted by Crippen LogP contribution is 2.29. The topological polar surface area (TPSA) is 112 Å². The van der Waals surface area contributed by atoms with Crippen LogP contribution in [0.5, 0.6) is 0 Å². The van der Waals surface area contributed by atoms with Crippen LogP contribution < -0.4 is 0 Å². The van der Waals surface area contributed by atoms with E-state index < -0.39 is 10.0 Å². The van der Waals surface area contributed by atoms with E-state index in [1.54, 1.807) is 27.9 Å². The Morgan fingerprint density at radius 1 is 1.26 bits per heavy atom. The molecule has 10 heteroatoms. The number of hydrogen-bond acceptors (Lipinski definition) is 6. The molecule has 0 saturated carbocycles. The Hall–Kier alpha value is -2.77. The van der Waals surface area contributed by atoms with Crippen molar-refractivity contribution in [2.45, 2.75) is 30.3 Å². The molecule has 0 unspecified atom stereocenters. The largest absolute Gasteiger partial charge is 0.337 e. The minimum Gasteiger partial charge on any atom is -0.337 e. The summed E-state index contributed by atoms with van der Waals surface area (Å²) < 4.78 is 28.4. The van der Waals surface area contributed by atoms with Gasteiger partial charge in [-0.05, 0) is 18.6 Å². The first-order chi connectivity index (χ1) is 13.0. The second-order valence-electron chi connectivity index (χ2n) is 6.69. The number of carbonyl (C=O) groups excluding carboxylic acids is 1. The van der Waals surface area contributed by atoms with Crippen molar-refractivity contribution in [3.05, 3.63) is 41.7 Å². The third-order valence-corrected chi connectivity index (χ3v) is 6.80. The van der Waals surface area contributed by atoms with Gasteiger partial charge in [-0.2, -0.15) is 9.57 Å². The van der Waals surface area contributed by atoms with Crippen LogP contribution in [0.2, 0.25) is 0 Å². The summed E-state index contributed by atoms with van der Waals surface area (Å²) in [5.41, 5.74) is 0.834. The summed E-state index contributed by atoms with van der Waals surface area (Å²) in [6.07, 6.45) is 3.21. The van der Waals surface area contributed by atoms with Crippen LogP contribution in [0.1, 0.15) is 30.1 Å². The number of amides is 1. The number of benzene rings is 1. The lowest BCUT2D eigenvalue weighted by atomic mass is 10.2. The zero-order chi connectivity index (χ0) is 19.0.